The predicted octanol–water partition coefficient (Wildman–Crippen LogP) is 0.291. The van der Waals surface area contributed by atoms with Gasteiger partial charge in [-0.15, -0.1) is 0 Å². The van der Waals surface area contributed by atoms with Gasteiger partial charge < -0.3 is 15.9 Å². The van der Waals surface area contributed by atoms with Crippen LogP contribution < -0.4 is 5.73 Å². The summed E-state index contributed by atoms with van der Waals surface area (Å²) in [6.45, 7) is 0.315. The zero-order valence-electron chi connectivity index (χ0n) is 12.3. The van der Waals surface area contributed by atoms with E-state index in [0.29, 0.717) is 18.7 Å². The molecule has 24 heavy (non-hydrogen) atoms. The molecule has 0 unspecified atom stereocenters. The van der Waals surface area contributed by atoms with E-state index in [-0.39, 0.29) is 4.90 Å². The number of aliphatic carboxylic acids is 2. The van der Waals surface area contributed by atoms with E-state index in [9.17, 15) is 18.0 Å². The minimum absolute atomic E-state index is 0.161. The van der Waals surface area contributed by atoms with Gasteiger partial charge in [-0.2, -0.15) is 0 Å². The van der Waals surface area contributed by atoms with Gasteiger partial charge in [0.2, 0.25) is 0 Å². The first-order valence-corrected chi connectivity index (χ1v) is 7.88. The van der Waals surface area contributed by atoms with Crippen molar-refractivity contribution in [2.24, 2.45) is 5.73 Å². The van der Waals surface area contributed by atoms with Crippen molar-refractivity contribution in [3.05, 3.63) is 60.7 Å². The van der Waals surface area contributed by atoms with E-state index >= 15 is 0 Å². The minimum Gasteiger partial charge on any atom is -0.478 e. The Labute approximate surface area is 137 Å². The molecule has 0 aliphatic heterocycles. The highest BCUT2D eigenvalue weighted by atomic mass is 32.2. The monoisotopic (exact) mass is 353 g/mol. The number of nitrogens with two attached hydrogens (primary N) is 1. The van der Waals surface area contributed by atoms with Crippen LogP contribution in [0.15, 0.2) is 60.0 Å². The Hall–Kier alpha value is -2.98. The van der Waals surface area contributed by atoms with Crippen LogP contribution in [0.2, 0.25) is 0 Å². The first-order valence-electron chi connectivity index (χ1n) is 6.44. The van der Waals surface area contributed by atoms with Crippen molar-refractivity contribution in [1.82, 2.24) is 8.96 Å². The molecule has 2 aromatic heterocycles. The Kier molecular flexibility index (Phi) is 6.83. The molecular formula is C14H15N3O6S. The van der Waals surface area contributed by atoms with E-state index in [1.807, 2.05) is 0 Å². The number of pyridine rings is 1. The smallest absolute Gasteiger partial charge is 0.328 e. The second kappa shape index (κ2) is 8.60. The van der Waals surface area contributed by atoms with Crippen LogP contribution in [0, 0.1) is 0 Å². The maximum absolute atomic E-state index is 12.0. The Bertz CT molecular complexity index is 811. The van der Waals surface area contributed by atoms with Crippen LogP contribution in [0.1, 0.15) is 5.56 Å². The normalized spacial score (nSPS) is 10.9. The molecule has 0 bridgehead atoms. The lowest BCUT2D eigenvalue weighted by atomic mass is 10.4. The number of aromatic nitrogens is 2. The third kappa shape index (κ3) is 5.66. The Morgan fingerprint density at radius 1 is 1.21 bits per heavy atom. The molecule has 128 valence electrons. The summed E-state index contributed by atoms with van der Waals surface area (Å²) in [5.41, 5.74) is 6.20. The van der Waals surface area contributed by atoms with Crippen molar-refractivity contribution in [2.75, 3.05) is 0 Å². The summed E-state index contributed by atoms with van der Waals surface area (Å²) in [7, 11) is -3.53. The largest absolute Gasteiger partial charge is 0.478 e. The van der Waals surface area contributed by atoms with Crippen molar-refractivity contribution in [1.29, 1.82) is 0 Å². The number of carbonyl (C=O) groups is 2. The van der Waals surface area contributed by atoms with E-state index in [1.54, 1.807) is 12.1 Å². The van der Waals surface area contributed by atoms with Gasteiger partial charge in [-0.3, -0.25) is 4.98 Å². The Morgan fingerprint density at radius 2 is 1.83 bits per heavy atom. The number of hydrogen-bond donors (Lipinski definition) is 3. The molecule has 0 saturated heterocycles. The lowest BCUT2D eigenvalue weighted by Gasteiger charge is -2.04. The van der Waals surface area contributed by atoms with Crippen molar-refractivity contribution < 1.29 is 28.2 Å². The van der Waals surface area contributed by atoms with Crippen LogP contribution in [0.4, 0.5) is 0 Å². The Morgan fingerprint density at radius 3 is 2.25 bits per heavy atom. The highest BCUT2D eigenvalue weighted by Crippen LogP contribution is 2.13. The molecule has 0 aromatic carbocycles. The van der Waals surface area contributed by atoms with Gasteiger partial charge >= 0.3 is 11.9 Å². The standard InChI is InChI=1S/C10H11N3O2S.C4H4O4/c11-6-9-3-5-13(8-9)16(14,15)10-2-1-4-12-7-10;5-3(6)1-2-4(7)8/h1-5,7-8H,6,11H2;1-2H,(H,5,6)(H,7,8)/b;2-1+. The first-order chi connectivity index (χ1) is 11.3. The quantitative estimate of drug-likeness (QED) is 0.648. The molecule has 9 nitrogen and oxygen atoms in total. The summed E-state index contributed by atoms with van der Waals surface area (Å²) in [6.07, 6.45) is 6.94. The van der Waals surface area contributed by atoms with Crippen LogP contribution in [-0.4, -0.2) is 39.5 Å². The SMILES string of the molecule is NCc1ccn(S(=O)(=O)c2cccnc2)c1.O=C(O)/C=C/C(=O)O. The molecule has 0 aliphatic carbocycles. The molecule has 2 rings (SSSR count). The maximum atomic E-state index is 12.0. The summed E-state index contributed by atoms with van der Waals surface area (Å²) < 4.78 is 25.2. The summed E-state index contributed by atoms with van der Waals surface area (Å²) in [5.74, 6) is -2.51. The summed E-state index contributed by atoms with van der Waals surface area (Å²) in [6, 6.07) is 4.76. The van der Waals surface area contributed by atoms with Gasteiger partial charge in [0.15, 0.2) is 0 Å². The molecule has 0 radical (unpaired) electrons. The molecule has 2 heterocycles. The molecule has 0 spiro atoms. The van der Waals surface area contributed by atoms with Crippen molar-refractivity contribution in [2.45, 2.75) is 11.4 Å². The van der Waals surface area contributed by atoms with E-state index < -0.39 is 22.0 Å². The number of carboxylic acids is 2. The second-order valence-electron chi connectivity index (χ2n) is 4.26. The second-order valence-corrected chi connectivity index (χ2v) is 6.10. The van der Waals surface area contributed by atoms with Gasteiger partial charge in [-0.05, 0) is 23.8 Å². The molecule has 0 aliphatic rings. The zero-order valence-corrected chi connectivity index (χ0v) is 13.1. The fourth-order valence-corrected chi connectivity index (χ4v) is 2.64. The maximum Gasteiger partial charge on any atom is 0.328 e. The highest BCUT2D eigenvalue weighted by molar-refractivity contribution is 7.90. The number of hydrogen-bond acceptors (Lipinski definition) is 6. The molecule has 0 amide bonds. The predicted molar refractivity (Wildman–Crippen MR) is 83.6 cm³/mol. The van der Waals surface area contributed by atoms with E-state index in [4.69, 9.17) is 15.9 Å². The molecule has 0 fully saturated rings. The molecule has 0 saturated carbocycles. The third-order valence-electron chi connectivity index (χ3n) is 2.54. The van der Waals surface area contributed by atoms with Crippen LogP contribution in [0.25, 0.3) is 0 Å². The van der Waals surface area contributed by atoms with Gasteiger partial charge in [-0.1, -0.05) is 0 Å². The van der Waals surface area contributed by atoms with Gasteiger partial charge in [0, 0.05) is 43.5 Å². The number of carboxylic acid groups (broad SMARTS) is 2. The van der Waals surface area contributed by atoms with Crippen molar-refractivity contribution in [3.8, 4) is 0 Å². The number of rotatable bonds is 5. The molecule has 0 atom stereocenters. The first kappa shape index (κ1) is 19.1. The number of nitrogens with zero attached hydrogens (tertiary/aromatic N) is 2. The van der Waals surface area contributed by atoms with Crippen molar-refractivity contribution >= 4 is 22.0 Å². The fraction of sp³-hybridized carbons (Fsp3) is 0.0714. The Balaban J connectivity index is 0.000000307. The van der Waals surface area contributed by atoms with Crippen molar-refractivity contribution in [3.63, 3.8) is 0 Å². The third-order valence-corrected chi connectivity index (χ3v) is 4.16. The average molecular weight is 353 g/mol. The van der Waals surface area contributed by atoms with Gasteiger partial charge in [-0.25, -0.2) is 22.0 Å². The molecule has 2 aromatic rings. The molecule has 10 heteroatoms. The lowest BCUT2D eigenvalue weighted by Crippen LogP contribution is -2.11. The zero-order chi connectivity index (χ0) is 18.2. The van der Waals surface area contributed by atoms with Gasteiger partial charge in [0.25, 0.3) is 10.0 Å². The topological polar surface area (TPSA) is 153 Å². The van der Waals surface area contributed by atoms with Gasteiger partial charge in [0.05, 0.1) is 0 Å². The van der Waals surface area contributed by atoms with Crippen LogP contribution >= 0.6 is 0 Å². The lowest BCUT2D eigenvalue weighted by molar-refractivity contribution is -0.134. The van der Waals surface area contributed by atoms with Crippen LogP contribution in [-0.2, 0) is 26.2 Å². The highest BCUT2D eigenvalue weighted by Gasteiger charge is 2.16. The van der Waals surface area contributed by atoms with Gasteiger partial charge in [0.1, 0.15) is 4.90 Å². The van der Waals surface area contributed by atoms with E-state index in [2.05, 4.69) is 4.98 Å². The van der Waals surface area contributed by atoms with Crippen LogP contribution in [0.3, 0.4) is 0 Å². The summed E-state index contributed by atoms with van der Waals surface area (Å²) >= 11 is 0. The summed E-state index contributed by atoms with van der Waals surface area (Å²) in [5, 5.41) is 15.6. The van der Waals surface area contributed by atoms with E-state index in [1.165, 1.54) is 30.9 Å². The fourth-order valence-electron chi connectivity index (χ4n) is 1.45. The van der Waals surface area contributed by atoms with Crippen LogP contribution in [0.5, 0.6) is 0 Å². The minimum atomic E-state index is -3.53. The molecule has 4 N–H and O–H groups in total. The molecular weight excluding hydrogens is 338 g/mol. The average Bonchev–Trinajstić information content (AvgIpc) is 3.04. The van der Waals surface area contributed by atoms with E-state index in [0.717, 1.165) is 9.54 Å². The summed E-state index contributed by atoms with van der Waals surface area (Å²) in [4.78, 5) is 23.1.